The first-order valence-corrected chi connectivity index (χ1v) is 12.3. The van der Waals surface area contributed by atoms with E-state index < -0.39 is 4.92 Å². The molecule has 1 aliphatic heterocycles. The number of hydrogen-bond acceptors (Lipinski definition) is 4. The highest BCUT2D eigenvalue weighted by atomic mass is 35.5. The molecule has 5 rings (SSSR count). The van der Waals surface area contributed by atoms with Crippen molar-refractivity contribution < 1.29 is 9.72 Å². The van der Waals surface area contributed by atoms with Gasteiger partial charge in [-0.1, -0.05) is 41.9 Å². The number of hydrogen-bond donors (Lipinski definition) is 0. The van der Waals surface area contributed by atoms with Crippen molar-refractivity contribution in [2.24, 2.45) is 5.92 Å². The van der Waals surface area contributed by atoms with Crippen molar-refractivity contribution in [1.29, 1.82) is 0 Å². The molecule has 8 heteroatoms. The van der Waals surface area contributed by atoms with Crippen LogP contribution in [0.2, 0.25) is 5.02 Å². The number of carbonyl (C=O) groups excluding carboxylic acids is 1. The molecule has 0 N–H and O–H groups in total. The van der Waals surface area contributed by atoms with Crippen LogP contribution in [0.25, 0.3) is 16.9 Å². The molecular weight excluding hydrogens is 476 g/mol. The number of nitro groups is 1. The first-order valence-electron chi connectivity index (χ1n) is 11.9. The number of non-ortho nitro benzene ring substituents is 1. The Morgan fingerprint density at radius 1 is 0.972 bits per heavy atom. The standard InChI is InChI=1S/C28H25ClN4O3/c29-23-8-12-24(13-9-23)32-27(19-26(30-32)22-6-10-25(11-7-22)33(35)36)28(34)31-16-14-21(15-17-31)18-20-4-2-1-3-5-20/h1-13,19,21H,14-18H2. The summed E-state index contributed by atoms with van der Waals surface area (Å²) in [6, 6.07) is 25.5. The van der Waals surface area contributed by atoms with E-state index >= 15 is 0 Å². The third kappa shape index (κ3) is 5.16. The topological polar surface area (TPSA) is 81.3 Å². The summed E-state index contributed by atoms with van der Waals surface area (Å²) in [5.74, 6) is 0.470. The minimum Gasteiger partial charge on any atom is -0.337 e. The lowest BCUT2D eigenvalue weighted by Crippen LogP contribution is -2.39. The number of likely N-dealkylation sites (tertiary alicyclic amines) is 1. The maximum absolute atomic E-state index is 13.7. The van der Waals surface area contributed by atoms with Gasteiger partial charge in [0, 0.05) is 35.8 Å². The Hall–Kier alpha value is -3.97. The molecule has 1 amide bonds. The van der Waals surface area contributed by atoms with Crippen LogP contribution in [-0.2, 0) is 6.42 Å². The normalized spacial score (nSPS) is 14.1. The summed E-state index contributed by atoms with van der Waals surface area (Å²) in [4.78, 5) is 26.2. The molecule has 36 heavy (non-hydrogen) atoms. The molecule has 1 fully saturated rings. The second kappa shape index (κ2) is 10.3. The minimum atomic E-state index is -0.438. The van der Waals surface area contributed by atoms with E-state index in [0.717, 1.165) is 24.9 Å². The van der Waals surface area contributed by atoms with Crippen molar-refractivity contribution >= 4 is 23.2 Å². The average molecular weight is 501 g/mol. The summed E-state index contributed by atoms with van der Waals surface area (Å²) < 4.78 is 1.63. The van der Waals surface area contributed by atoms with Crippen LogP contribution in [0.3, 0.4) is 0 Å². The molecule has 1 saturated heterocycles. The van der Waals surface area contributed by atoms with Crippen LogP contribution in [-0.4, -0.2) is 38.6 Å². The molecule has 0 bridgehead atoms. The zero-order chi connectivity index (χ0) is 25.1. The summed E-state index contributed by atoms with van der Waals surface area (Å²) in [6.07, 6.45) is 2.92. The van der Waals surface area contributed by atoms with Gasteiger partial charge in [0.15, 0.2) is 0 Å². The number of aromatic nitrogens is 2. The zero-order valence-electron chi connectivity index (χ0n) is 19.6. The lowest BCUT2D eigenvalue weighted by molar-refractivity contribution is -0.384. The van der Waals surface area contributed by atoms with Crippen molar-refractivity contribution in [2.45, 2.75) is 19.3 Å². The molecule has 182 valence electrons. The molecule has 4 aromatic rings. The molecule has 0 spiro atoms. The molecule has 7 nitrogen and oxygen atoms in total. The van der Waals surface area contributed by atoms with Gasteiger partial charge in [0.1, 0.15) is 5.69 Å². The Morgan fingerprint density at radius 2 is 1.64 bits per heavy atom. The highest BCUT2D eigenvalue weighted by Crippen LogP contribution is 2.27. The van der Waals surface area contributed by atoms with Gasteiger partial charge in [0.25, 0.3) is 11.6 Å². The summed E-state index contributed by atoms with van der Waals surface area (Å²) >= 11 is 6.08. The number of piperidine rings is 1. The van der Waals surface area contributed by atoms with Crippen molar-refractivity contribution in [1.82, 2.24) is 14.7 Å². The first-order chi connectivity index (χ1) is 17.5. The smallest absolute Gasteiger partial charge is 0.272 e. The summed E-state index contributed by atoms with van der Waals surface area (Å²) in [6.45, 7) is 1.38. The van der Waals surface area contributed by atoms with Crippen LogP contribution in [0, 0.1) is 16.0 Å². The van der Waals surface area contributed by atoms with Gasteiger partial charge < -0.3 is 4.90 Å². The molecule has 1 aliphatic rings. The lowest BCUT2D eigenvalue weighted by atomic mass is 9.90. The van der Waals surface area contributed by atoms with Crippen LogP contribution in [0.4, 0.5) is 5.69 Å². The molecule has 0 atom stereocenters. The van der Waals surface area contributed by atoms with Crippen molar-refractivity contribution in [3.05, 3.63) is 111 Å². The van der Waals surface area contributed by atoms with E-state index in [1.807, 2.05) is 23.1 Å². The molecule has 0 unspecified atom stereocenters. The number of benzene rings is 3. The Labute approximate surface area is 214 Å². The fraction of sp³-hybridized carbons (Fsp3) is 0.214. The average Bonchev–Trinajstić information content (AvgIpc) is 3.35. The fourth-order valence-electron chi connectivity index (χ4n) is 4.66. The van der Waals surface area contributed by atoms with Crippen LogP contribution < -0.4 is 0 Å². The van der Waals surface area contributed by atoms with E-state index in [0.29, 0.717) is 41.0 Å². The van der Waals surface area contributed by atoms with Crippen LogP contribution >= 0.6 is 11.6 Å². The number of halogens is 1. The molecule has 1 aromatic heterocycles. The van der Waals surface area contributed by atoms with E-state index in [1.54, 1.807) is 35.0 Å². The Kier molecular flexibility index (Phi) is 6.82. The summed E-state index contributed by atoms with van der Waals surface area (Å²) in [7, 11) is 0. The summed E-state index contributed by atoms with van der Waals surface area (Å²) in [5.41, 5.74) is 3.77. The van der Waals surface area contributed by atoms with Gasteiger partial charge in [-0.3, -0.25) is 14.9 Å². The van der Waals surface area contributed by atoms with E-state index in [1.165, 1.54) is 17.7 Å². The summed E-state index contributed by atoms with van der Waals surface area (Å²) in [5, 5.41) is 16.3. The Morgan fingerprint density at radius 3 is 2.28 bits per heavy atom. The Balaban J connectivity index is 1.39. The van der Waals surface area contributed by atoms with E-state index in [9.17, 15) is 14.9 Å². The molecule has 0 aliphatic carbocycles. The van der Waals surface area contributed by atoms with E-state index in [4.69, 9.17) is 16.7 Å². The monoisotopic (exact) mass is 500 g/mol. The first kappa shape index (κ1) is 23.8. The van der Waals surface area contributed by atoms with Crippen LogP contribution in [0.5, 0.6) is 0 Å². The largest absolute Gasteiger partial charge is 0.337 e. The highest BCUT2D eigenvalue weighted by Gasteiger charge is 2.27. The third-order valence-corrected chi connectivity index (χ3v) is 6.89. The zero-order valence-corrected chi connectivity index (χ0v) is 20.3. The molecule has 3 aromatic carbocycles. The number of nitrogens with zero attached hydrogens (tertiary/aromatic N) is 4. The van der Waals surface area contributed by atoms with Gasteiger partial charge in [-0.2, -0.15) is 5.10 Å². The number of nitro benzene ring substituents is 1. The van der Waals surface area contributed by atoms with Crippen molar-refractivity contribution in [3.63, 3.8) is 0 Å². The Bertz CT molecular complexity index is 1360. The van der Waals surface area contributed by atoms with E-state index in [-0.39, 0.29) is 11.6 Å². The third-order valence-electron chi connectivity index (χ3n) is 6.64. The van der Waals surface area contributed by atoms with E-state index in [2.05, 4.69) is 24.3 Å². The predicted molar refractivity (Wildman–Crippen MR) is 139 cm³/mol. The van der Waals surface area contributed by atoms with Gasteiger partial charge in [-0.25, -0.2) is 4.68 Å². The fourth-order valence-corrected chi connectivity index (χ4v) is 4.78. The van der Waals surface area contributed by atoms with Crippen LogP contribution in [0.1, 0.15) is 28.9 Å². The highest BCUT2D eigenvalue weighted by molar-refractivity contribution is 6.30. The second-order valence-corrected chi connectivity index (χ2v) is 9.47. The predicted octanol–water partition coefficient (Wildman–Crippen LogP) is 6.20. The van der Waals surface area contributed by atoms with Crippen molar-refractivity contribution in [3.8, 4) is 16.9 Å². The van der Waals surface area contributed by atoms with Gasteiger partial charge in [0.05, 0.1) is 16.3 Å². The SMILES string of the molecule is O=C(c1cc(-c2ccc([N+](=O)[O-])cc2)nn1-c1ccc(Cl)cc1)N1CCC(Cc2ccccc2)CC1. The van der Waals surface area contributed by atoms with Crippen molar-refractivity contribution in [2.75, 3.05) is 13.1 Å². The van der Waals surface area contributed by atoms with Gasteiger partial charge in [-0.15, -0.1) is 0 Å². The quantitative estimate of drug-likeness (QED) is 0.233. The maximum Gasteiger partial charge on any atom is 0.272 e. The maximum atomic E-state index is 13.7. The van der Waals surface area contributed by atoms with Crippen LogP contribution in [0.15, 0.2) is 84.9 Å². The number of rotatable bonds is 6. The minimum absolute atomic E-state index is 0.00515. The van der Waals surface area contributed by atoms with Gasteiger partial charge in [0.2, 0.25) is 0 Å². The molecule has 0 radical (unpaired) electrons. The van der Waals surface area contributed by atoms with Gasteiger partial charge in [-0.05, 0) is 73.2 Å². The second-order valence-electron chi connectivity index (χ2n) is 9.03. The molecular formula is C28H25ClN4O3. The number of amides is 1. The molecule has 0 saturated carbocycles. The van der Waals surface area contributed by atoms with Gasteiger partial charge >= 0.3 is 0 Å². The number of carbonyl (C=O) groups is 1. The molecule has 2 heterocycles. The lowest BCUT2D eigenvalue weighted by Gasteiger charge is -2.32.